The lowest BCUT2D eigenvalue weighted by molar-refractivity contribution is -0.140. The van der Waals surface area contributed by atoms with Gasteiger partial charge in [-0.25, -0.2) is 0 Å². The quantitative estimate of drug-likeness (QED) is 0.540. The number of methoxy groups -OCH3 is 2. The van der Waals surface area contributed by atoms with Crippen molar-refractivity contribution in [1.29, 1.82) is 0 Å². The Morgan fingerprint density at radius 3 is 2.65 bits per heavy atom. The van der Waals surface area contributed by atoms with Gasteiger partial charge in [-0.2, -0.15) is 0 Å². The lowest BCUT2D eigenvalue weighted by Gasteiger charge is -2.13. The third kappa shape index (κ3) is 10.1. The Bertz CT molecular complexity index is 237. The monoisotopic (exact) mass is 265 g/mol. The molecule has 1 amide bonds. The first-order chi connectivity index (χ1) is 8.10. The molecule has 100 valence electrons. The van der Waals surface area contributed by atoms with Crippen LogP contribution in [0.15, 0.2) is 0 Å². The van der Waals surface area contributed by atoms with Crippen molar-refractivity contribution >= 4 is 23.6 Å². The Balaban J connectivity index is 3.62. The molecule has 1 unspecified atom stereocenters. The van der Waals surface area contributed by atoms with Crippen LogP contribution in [0.5, 0.6) is 0 Å². The topological polar surface area (TPSA) is 84.9 Å². The normalized spacial score (nSPS) is 12.1. The van der Waals surface area contributed by atoms with Crippen molar-refractivity contribution in [2.75, 3.05) is 38.9 Å². The average molecular weight is 265 g/mol. The second kappa shape index (κ2) is 10.4. The number of carboxylic acid groups (broad SMARTS) is 1. The number of rotatable bonds is 10. The maximum Gasteiger partial charge on any atom is 0.306 e. The molecule has 0 aliphatic heterocycles. The highest BCUT2D eigenvalue weighted by molar-refractivity contribution is 7.99. The summed E-state index contributed by atoms with van der Waals surface area (Å²) in [4.78, 5) is 21.8. The summed E-state index contributed by atoms with van der Waals surface area (Å²) in [5.74, 6) is 0.0266. The van der Waals surface area contributed by atoms with Crippen LogP contribution in [0.4, 0.5) is 0 Å². The molecule has 0 aromatic heterocycles. The van der Waals surface area contributed by atoms with Crippen molar-refractivity contribution in [3.8, 4) is 0 Å². The van der Waals surface area contributed by atoms with Gasteiger partial charge in [-0.1, -0.05) is 0 Å². The molecule has 7 heteroatoms. The van der Waals surface area contributed by atoms with Crippen LogP contribution in [0.25, 0.3) is 0 Å². The minimum atomic E-state index is -0.944. The third-order valence-corrected chi connectivity index (χ3v) is 2.85. The van der Waals surface area contributed by atoms with E-state index in [1.807, 2.05) is 0 Å². The molecule has 0 aliphatic rings. The first-order valence-electron chi connectivity index (χ1n) is 5.18. The maximum atomic E-state index is 11.3. The van der Waals surface area contributed by atoms with Gasteiger partial charge in [0.1, 0.15) is 0 Å². The van der Waals surface area contributed by atoms with Crippen LogP contribution in [0.1, 0.15) is 6.42 Å². The smallest absolute Gasteiger partial charge is 0.306 e. The minimum absolute atomic E-state index is 0.117. The summed E-state index contributed by atoms with van der Waals surface area (Å²) in [6.45, 7) is 0.824. The van der Waals surface area contributed by atoms with Crippen LogP contribution in [-0.4, -0.2) is 62.0 Å². The molecule has 1 atom stereocenters. The number of amides is 1. The second-order valence-electron chi connectivity index (χ2n) is 3.31. The molecule has 0 rings (SSSR count). The first-order valence-corrected chi connectivity index (χ1v) is 6.33. The second-order valence-corrected chi connectivity index (χ2v) is 4.41. The maximum absolute atomic E-state index is 11.3. The molecule has 2 N–H and O–H groups in total. The first kappa shape index (κ1) is 16.2. The molecule has 0 saturated carbocycles. The van der Waals surface area contributed by atoms with Gasteiger partial charge in [-0.15, -0.1) is 11.8 Å². The van der Waals surface area contributed by atoms with Gasteiger partial charge in [0.2, 0.25) is 5.91 Å². The summed E-state index contributed by atoms with van der Waals surface area (Å²) >= 11 is 1.46. The largest absolute Gasteiger partial charge is 0.481 e. The van der Waals surface area contributed by atoms with E-state index in [4.69, 9.17) is 14.6 Å². The number of carbonyl (C=O) groups excluding carboxylic acids is 1. The van der Waals surface area contributed by atoms with Crippen LogP contribution in [0.3, 0.4) is 0 Å². The number of hydrogen-bond donors (Lipinski definition) is 2. The highest BCUT2D eigenvalue weighted by Gasteiger charge is 2.13. The number of hydrogen-bond acceptors (Lipinski definition) is 5. The standard InChI is InChI=1S/C10H19NO5S/c1-15-3-4-17-7-9(12)11-6-8(16-2)5-10(13)14/h8H,3-7H2,1-2H3,(H,11,12)(H,13,14). The molecule has 0 spiro atoms. The molecule has 0 aromatic carbocycles. The van der Waals surface area contributed by atoms with Crippen molar-refractivity contribution in [2.24, 2.45) is 0 Å². The molecule has 0 fully saturated rings. The predicted molar refractivity (Wildman–Crippen MR) is 65.3 cm³/mol. The van der Waals surface area contributed by atoms with Crippen molar-refractivity contribution in [3.63, 3.8) is 0 Å². The highest BCUT2D eigenvalue weighted by atomic mass is 32.2. The molecule has 0 aliphatic carbocycles. The average Bonchev–Trinajstić information content (AvgIpc) is 2.29. The fraction of sp³-hybridized carbons (Fsp3) is 0.800. The van der Waals surface area contributed by atoms with E-state index >= 15 is 0 Å². The molecular formula is C10H19NO5S. The number of carboxylic acids is 1. The SMILES string of the molecule is COCCSCC(=O)NCC(CC(=O)O)OC. The zero-order chi connectivity index (χ0) is 13.1. The Hall–Kier alpha value is -0.790. The van der Waals surface area contributed by atoms with Crippen molar-refractivity contribution in [2.45, 2.75) is 12.5 Å². The Kier molecular flexibility index (Phi) is 9.89. The highest BCUT2D eigenvalue weighted by Crippen LogP contribution is 1.99. The van der Waals surface area contributed by atoms with E-state index in [1.54, 1.807) is 7.11 Å². The summed E-state index contributed by atoms with van der Waals surface area (Å²) in [6.07, 6.45) is -0.603. The van der Waals surface area contributed by atoms with Gasteiger partial charge in [0, 0.05) is 26.5 Å². The zero-order valence-electron chi connectivity index (χ0n) is 10.1. The van der Waals surface area contributed by atoms with Gasteiger partial charge >= 0.3 is 5.97 Å². The lowest BCUT2D eigenvalue weighted by atomic mass is 10.2. The Morgan fingerprint density at radius 1 is 1.41 bits per heavy atom. The number of nitrogens with one attached hydrogen (secondary N) is 1. The van der Waals surface area contributed by atoms with Crippen LogP contribution in [-0.2, 0) is 19.1 Å². The fourth-order valence-electron chi connectivity index (χ4n) is 1.02. The molecule has 0 aromatic rings. The number of ether oxygens (including phenoxy) is 2. The van der Waals surface area contributed by atoms with Crippen molar-refractivity contribution in [3.05, 3.63) is 0 Å². The van der Waals surface area contributed by atoms with Crippen LogP contribution in [0, 0.1) is 0 Å². The summed E-state index contributed by atoms with van der Waals surface area (Å²) in [7, 11) is 3.03. The van der Waals surface area contributed by atoms with Gasteiger partial charge in [0.15, 0.2) is 0 Å². The summed E-state index contributed by atoms with van der Waals surface area (Å²) in [5.41, 5.74) is 0. The van der Waals surface area contributed by atoms with Crippen LogP contribution in [0.2, 0.25) is 0 Å². The Morgan fingerprint density at radius 2 is 2.12 bits per heavy atom. The summed E-state index contributed by atoms with van der Waals surface area (Å²) in [6, 6.07) is 0. The zero-order valence-corrected chi connectivity index (χ0v) is 10.9. The third-order valence-electron chi connectivity index (χ3n) is 1.93. The Labute approximate surface area is 105 Å². The molecule has 0 radical (unpaired) electrons. The van der Waals surface area contributed by atoms with E-state index in [0.717, 1.165) is 5.75 Å². The van der Waals surface area contributed by atoms with E-state index in [1.165, 1.54) is 18.9 Å². The number of carbonyl (C=O) groups is 2. The number of aliphatic carboxylic acids is 1. The molecule has 0 saturated heterocycles. The van der Waals surface area contributed by atoms with Crippen LogP contribution >= 0.6 is 11.8 Å². The summed E-state index contributed by atoms with van der Waals surface area (Å²) < 4.78 is 9.78. The minimum Gasteiger partial charge on any atom is -0.481 e. The van der Waals surface area contributed by atoms with E-state index in [-0.39, 0.29) is 18.9 Å². The van der Waals surface area contributed by atoms with Crippen molar-refractivity contribution in [1.82, 2.24) is 5.32 Å². The predicted octanol–water partition coefficient (Wildman–Crippen LogP) is -0.0281. The van der Waals surface area contributed by atoms with Gasteiger partial charge in [-0.3, -0.25) is 9.59 Å². The molecule has 17 heavy (non-hydrogen) atoms. The molecule has 6 nitrogen and oxygen atoms in total. The van der Waals surface area contributed by atoms with E-state index in [2.05, 4.69) is 5.32 Å². The van der Waals surface area contributed by atoms with E-state index in [0.29, 0.717) is 12.4 Å². The van der Waals surface area contributed by atoms with Gasteiger partial charge in [0.25, 0.3) is 0 Å². The van der Waals surface area contributed by atoms with Crippen LogP contribution < -0.4 is 5.32 Å². The molecule has 0 bridgehead atoms. The van der Waals surface area contributed by atoms with Gasteiger partial charge < -0.3 is 19.9 Å². The fourth-order valence-corrected chi connectivity index (χ4v) is 1.74. The van der Waals surface area contributed by atoms with Crippen molar-refractivity contribution < 1.29 is 24.2 Å². The molecule has 0 heterocycles. The van der Waals surface area contributed by atoms with Gasteiger partial charge in [-0.05, 0) is 0 Å². The van der Waals surface area contributed by atoms with Gasteiger partial charge in [0.05, 0.1) is 24.9 Å². The van der Waals surface area contributed by atoms with E-state index < -0.39 is 12.1 Å². The number of thioether (sulfide) groups is 1. The summed E-state index contributed by atoms with van der Waals surface area (Å²) in [5, 5.41) is 11.2. The lowest BCUT2D eigenvalue weighted by Crippen LogP contribution is -2.35. The van der Waals surface area contributed by atoms with E-state index in [9.17, 15) is 9.59 Å². The molecular weight excluding hydrogens is 246 g/mol.